The highest BCUT2D eigenvalue weighted by atomic mass is 127. The summed E-state index contributed by atoms with van der Waals surface area (Å²) < 4.78 is 19.2. The average Bonchev–Trinajstić information content (AvgIpc) is 2.57. The molecule has 7 heteroatoms. The van der Waals surface area contributed by atoms with Crippen LogP contribution >= 0.6 is 22.6 Å². The van der Waals surface area contributed by atoms with Gasteiger partial charge in [0.1, 0.15) is 5.82 Å². The second-order valence-corrected chi connectivity index (χ2v) is 6.20. The van der Waals surface area contributed by atoms with E-state index in [1.54, 1.807) is 13.0 Å². The Labute approximate surface area is 163 Å². The van der Waals surface area contributed by atoms with Crippen LogP contribution in [0, 0.1) is 23.2 Å². The van der Waals surface area contributed by atoms with Crippen molar-refractivity contribution in [3.63, 3.8) is 0 Å². The van der Waals surface area contributed by atoms with E-state index in [0.29, 0.717) is 20.4 Å². The maximum Gasteiger partial charge on any atom is 0.271 e. The Bertz CT molecular complexity index is 846. The number of benzene rings is 2. The second-order valence-electron chi connectivity index (χ2n) is 5.12. The van der Waals surface area contributed by atoms with Gasteiger partial charge in [0.2, 0.25) is 0 Å². The molecule has 2 N–H and O–H groups in total. The fourth-order valence-electron chi connectivity index (χ4n) is 1.98. The Morgan fingerprint density at radius 1 is 1.42 bits per heavy atom. The normalized spacial score (nSPS) is 10.9. The molecule has 0 aliphatic heterocycles. The number of phenols is 1. The number of aromatic hydroxyl groups is 1. The number of carbonyl (C=O) groups excluding carboxylic acids is 1. The van der Waals surface area contributed by atoms with E-state index < -0.39 is 11.7 Å². The third-order valence-corrected chi connectivity index (χ3v) is 4.83. The highest BCUT2D eigenvalue weighted by molar-refractivity contribution is 14.1. The number of aryl methyl sites for hydroxylation is 1. The molecule has 24 heavy (non-hydrogen) atoms. The van der Waals surface area contributed by atoms with Gasteiger partial charge in [-0.1, -0.05) is 6.07 Å². The number of hydrogen-bond acceptors (Lipinski definition) is 4. The Morgan fingerprint density at radius 3 is 2.75 bits per heavy atom. The fraction of sp³-hybridized carbons (Fsp3) is 0.176. The van der Waals surface area contributed by atoms with Crippen molar-refractivity contribution in [2.45, 2.75) is 13.8 Å². The van der Waals surface area contributed by atoms with E-state index in [4.69, 9.17) is 4.74 Å². The van der Waals surface area contributed by atoms with Crippen LogP contribution in [0.2, 0.25) is 0 Å². The van der Waals surface area contributed by atoms with Crippen LogP contribution in [0.5, 0.6) is 11.5 Å². The van der Waals surface area contributed by atoms with Crippen LogP contribution < -0.4 is 10.2 Å². The van der Waals surface area contributed by atoms with Crippen LogP contribution in [0.25, 0.3) is 0 Å². The lowest BCUT2D eigenvalue weighted by atomic mass is 10.1. The highest BCUT2D eigenvalue weighted by Gasteiger charge is 2.12. The highest BCUT2D eigenvalue weighted by Crippen LogP contribution is 2.34. The molecule has 0 atom stereocenters. The number of methoxy groups -OCH3 is 1. The predicted octanol–water partition coefficient (Wildman–Crippen LogP) is 5.25. The van der Waals surface area contributed by atoms with Gasteiger partial charge >= 0.3 is 0 Å². The van der Waals surface area contributed by atoms with Gasteiger partial charge in [-0.15, -0.1) is 0 Å². The molecule has 0 aliphatic rings. The first-order valence-corrected chi connectivity index (χ1v) is 8.08. The standard InChI is InChI=1S/C17H16FIN2O3.7H2/c1-9-4-5-11(6-13(9)18)17(23)21-20-8-12-7-14(24-3)16(22)15(19)10(12)2;;;;;;;/h4-8,22H,1-3H3,(H,21,23);7*1H/b20-8+;;;;;;;. The Kier molecular flexibility index (Phi) is 5.76. The van der Waals surface area contributed by atoms with E-state index in [9.17, 15) is 14.3 Å². The van der Waals surface area contributed by atoms with Crippen molar-refractivity contribution in [2.75, 3.05) is 7.11 Å². The molecule has 1 amide bonds. The molecule has 0 spiro atoms. The molecule has 140 valence electrons. The summed E-state index contributed by atoms with van der Waals surface area (Å²) in [5, 5.41) is 13.8. The summed E-state index contributed by atoms with van der Waals surface area (Å²) in [6.07, 6.45) is 1.45. The number of nitrogens with one attached hydrogen (secondary N) is 1. The van der Waals surface area contributed by atoms with Crippen molar-refractivity contribution >= 4 is 34.7 Å². The van der Waals surface area contributed by atoms with Crippen molar-refractivity contribution in [3.05, 3.63) is 55.9 Å². The summed E-state index contributed by atoms with van der Waals surface area (Å²) in [6.45, 7) is 3.44. The number of hydrazone groups is 1. The minimum atomic E-state index is -0.511. The maximum atomic E-state index is 13.5. The van der Waals surface area contributed by atoms with Gasteiger partial charge < -0.3 is 9.84 Å². The van der Waals surface area contributed by atoms with E-state index in [-0.39, 0.29) is 21.3 Å². The second kappa shape index (κ2) is 7.61. The minimum absolute atomic E-state index is 0. The van der Waals surface area contributed by atoms with Crippen LogP contribution in [0.15, 0.2) is 29.4 Å². The third kappa shape index (κ3) is 3.84. The van der Waals surface area contributed by atoms with Gasteiger partial charge in [0.05, 0.1) is 16.9 Å². The van der Waals surface area contributed by atoms with Crippen LogP contribution in [-0.4, -0.2) is 24.3 Å². The van der Waals surface area contributed by atoms with Crippen LogP contribution in [-0.2, 0) is 0 Å². The van der Waals surface area contributed by atoms with Crippen molar-refractivity contribution in [1.29, 1.82) is 0 Å². The molecule has 0 saturated heterocycles. The van der Waals surface area contributed by atoms with Gasteiger partial charge in [-0.2, -0.15) is 5.10 Å². The zero-order chi connectivity index (χ0) is 17.9. The molecule has 2 aromatic rings. The topological polar surface area (TPSA) is 70.9 Å². The largest absolute Gasteiger partial charge is 0.504 e. The number of hydrogen-bond donors (Lipinski definition) is 2. The molecule has 0 unspecified atom stereocenters. The lowest BCUT2D eigenvalue weighted by Crippen LogP contribution is -2.18. The van der Waals surface area contributed by atoms with Gasteiger partial charge in [-0.05, 0) is 65.8 Å². The maximum absolute atomic E-state index is 13.5. The molecular weight excluding hydrogens is 426 g/mol. The molecule has 5 nitrogen and oxygen atoms in total. The number of rotatable bonds is 4. The third-order valence-electron chi connectivity index (χ3n) is 3.51. The summed E-state index contributed by atoms with van der Waals surface area (Å²) in [4.78, 5) is 12.0. The van der Waals surface area contributed by atoms with Crippen molar-refractivity contribution in [1.82, 2.24) is 5.43 Å². The molecule has 0 saturated carbocycles. The summed E-state index contributed by atoms with van der Waals surface area (Å²) in [7, 11) is 1.45. The number of ether oxygens (including phenoxy) is 1. The van der Waals surface area contributed by atoms with Crippen molar-refractivity contribution in [2.24, 2.45) is 5.10 Å². The first kappa shape index (κ1) is 18.2. The number of halogens is 2. The fourth-order valence-corrected chi connectivity index (χ4v) is 2.56. The van der Waals surface area contributed by atoms with Gasteiger partial charge in [-0.25, -0.2) is 9.82 Å². The Morgan fingerprint density at radius 2 is 2.12 bits per heavy atom. The molecule has 0 bridgehead atoms. The van der Waals surface area contributed by atoms with Gasteiger partial charge in [-0.3, -0.25) is 4.79 Å². The van der Waals surface area contributed by atoms with Crippen LogP contribution in [0.3, 0.4) is 0 Å². The molecular formula is C17H30FIN2O3. The molecule has 0 heterocycles. The molecule has 0 radical (unpaired) electrons. The zero-order valence-corrected chi connectivity index (χ0v) is 15.5. The molecule has 0 aliphatic carbocycles. The van der Waals surface area contributed by atoms with Gasteiger partial charge in [0.25, 0.3) is 5.91 Å². The number of amides is 1. The van der Waals surface area contributed by atoms with E-state index in [1.807, 2.05) is 29.5 Å². The van der Waals surface area contributed by atoms with E-state index in [0.717, 1.165) is 11.6 Å². The van der Waals surface area contributed by atoms with Crippen LogP contribution in [0.4, 0.5) is 4.39 Å². The Balaban J connectivity index is -0.000000223. The van der Waals surface area contributed by atoms with Crippen molar-refractivity contribution < 1.29 is 29.0 Å². The van der Waals surface area contributed by atoms with E-state index >= 15 is 0 Å². The summed E-state index contributed by atoms with van der Waals surface area (Å²) >= 11 is 2.00. The summed E-state index contributed by atoms with van der Waals surface area (Å²) in [6, 6.07) is 5.85. The first-order chi connectivity index (χ1) is 11.3. The summed E-state index contributed by atoms with van der Waals surface area (Å²) in [5.74, 6) is -0.575. The quantitative estimate of drug-likeness (QED) is 0.375. The van der Waals surface area contributed by atoms with Gasteiger partial charge in [0, 0.05) is 21.1 Å². The molecule has 2 rings (SSSR count). The first-order valence-electron chi connectivity index (χ1n) is 7.00. The number of carbonyl (C=O) groups is 1. The van der Waals surface area contributed by atoms with Gasteiger partial charge in [0.15, 0.2) is 11.5 Å². The Hall–Kier alpha value is -2.16. The minimum Gasteiger partial charge on any atom is -0.504 e. The smallest absolute Gasteiger partial charge is 0.271 e. The van der Waals surface area contributed by atoms with Crippen molar-refractivity contribution in [3.8, 4) is 11.5 Å². The zero-order valence-electron chi connectivity index (χ0n) is 13.4. The SMILES string of the molecule is COc1cc(/C=N/NC(=O)c2ccc(C)c(F)c2)c(C)c(I)c1O.[HH].[HH].[HH].[HH].[HH].[HH].[HH]. The number of nitrogens with zero attached hydrogens (tertiary/aromatic N) is 1. The number of phenolic OH excluding ortho intramolecular Hbond substituents is 1. The summed E-state index contributed by atoms with van der Waals surface area (Å²) in [5.41, 5.74) is 4.49. The molecule has 0 fully saturated rings. The molecule has 0 aromatic heterocycles. The van der Waals surface area contributed by atoms with E-state index in [1.165, 1.54) is 25.5 Å². The molecule has 2 aromatic carbocycles. The monoisotopic (exact) mass is 456 g/mol. The lowest BCUT2D eigenvalue weighted by molar-refractivity contribution is 0.0954. The average molecular weight is 456 g/mol. The van der Waals surface area contributed by atoms with Crippen LogP contribution in [0.1, 0.15) is 37.0 Å². The van der Waals surface area contributed by atoms with E-state index in [2.05, 4.69) is 10.5 Å². The predicted molar refractivity (Wildman–Crippen MR) is 113 cm³/mol. The lowest BCUT2D eigenvalue weighted by Gasteiger charge is -2.10.